The van der Waals surface area contributed by atoms with Gasteiger partial charge < -0.3 is 14.8 Å². The number of fused-ring (bicyclic) bond motifs is 3. The zero-order chi connectivity index (χ0) is 13.6. The number of anilines is 1. The van der Waals surface area contributed by atoms with E-state index in [2.05, 4.69) is 0 Å². The monoisotopic (exact) mass is 252 g/mol. The Hall–Kier alpha value is -2.62. The first-order valence-corrected chi connectivity index (χ1v) is 5.83. The normalized spacial score (nSPS) is 11.9. The van der Waals surface area contributed by atoms with E-state index in [9.17, 15) is 14.7 Å². The van der Waals surface area contributed by atoms with Gasteiger partial charge in [-0.1, -0.05) is 36.4 Å². The van der Waals surface area contributed by atoms with E-state index in [0.29, 0.717) is 16.8 Å². The average Bonchev–Trinajstić information content (AvgIpc) is 2.72. The largest absolute Gasteiger partial charge is 0.530 e. The zero-order valence-corrected chi connectivity index (χ0v) is 10.2. The van der Waals surface area contributed by atoms with E-state index < -0.39 is 6.09 Å². The minimum Gasteiger partial charge on any atom is -0.530 e. The van der Waals surface area contributed by atoms with Gasteiger partial charge in [-0.25, -0.2) is 0 Å². The van der Waals surface area contributed by atoms with Crippen molar-refractivity contribution in [3.05, 3.63) is 53.6 Å². The third-order valence-electron chi connectivity index (χ3n) is 3.37. The molecule has 2 aromatic carbocycles. The zero-order valence-electron chi connectivity index (χ0n) is 10.2. The van der Waals surface area contributed by atoms with Crippen LogP contribution < -0.4 is 10.0 Å². The molecular formula is C15H10NO3-. The predicted octanol–water partition coefficient (Wildman–Crippen LogP) is 1.68. The summed E-state index contributed by atoms with van der Waals surface area (Å²) in [6, 6.07) is 12.4. The van der Waals surface area contributed by atoms with Crippen LogP contribution in [0.15, 0.2) is 42.5 Å². The molecule has 0 radical (unpaired) electrons. The molecule has 0 bridgehead atoms. The van der Waals surface area contributed by atoms with Crippen LogP contribution in [-0.2, 0) is 0 Å². The Kier molecular flexibility index (Phi) is 2.38. The maximum absolute atomic E-state index is 12.4. The first-order valence-electron chi connectivity index (χ1n) is 5.83. The molecule has 1 aliphatic carbocycles. The molecule has 0 saturated carbocycles. The van der Waals surface area contributed by atoms with Crippen molar-refractivity contribution in [3.8, 4) is 11.1 Å². The van der Waals surface area contributed by atoms with Crippen molar-refractivity contribution in [2.24, 2.45) is 0 Å². The lowest BCUT2D eigenvalue weighted by Crippen LogP contribution is -2.39. The molecule has 0 heterocycles. The quantitative estimate of drug-likeness (QED) is 0.662. The van der Waals surface area contributed by atoms with Crippen LogP contribution in [0.4, 0.5) is 10.5 Å². The van der Waals surface area contributed by atoms with Gasteiger partial charge in [-0.15, -0.1) is 0 Å². The van der Waals surface area contributed by atoms with Gasteiger partial charge in [0.05, 0.1) is 11.3 Å². The number of hydrogen-bond acceptors (Lipinski definition) is 3. The summed E-state index contributed by atoms with van der Waals surface area (Å²) < 4.78 is 0. The SMILES string of the molecule is CN(C(=O)[O-])c1cccc2c1C(=O)c1ccccc1-2. The molecule has 2 aromatic rings. The second-order valence-corrected chi connectivity index (χ2v) is 4.40. The van der Waals surface area contributed by atoms with Crippen molar-refractivity contribution in [1.29, 1.82) is 0 Å². The van der Waals surface area contributed by atoms with Crippen LogP contribution in [-0.4, -0.2) is 18.9 Å². The maximum Gasteiger partial charge on any atom is 0.196 e. The maximum atomic E-state index is 12.4. The molecule has 4 heteroatoms. The second kappa shape index (κ2) is 3.95. The molecule has 1 amide bonds. The van der Waals surface area contributed by atoms with Gasteiger partial charge >= 0.3 is 0 Å². The highest BCUT2D eigenvalue weighted by atomic mass is 16.4. The third kappa shape index (κ3) is 1.53. The van der Waals surface area contributed by atoms with Gasteiger partial charge in [0, 0.05) is 12.6 Å². The van der Waals surface area contributed by atoms with Crippen molar-refractivity contribution < 1.29 is 14.7 Å². The van der Waals surface area contributed by atoms with Crippen LogP contribution in [0.1, 0.15) is 15.9 Å². The van der Waals surface area contributed by atoms with Crippen molar-refractivity contribution in [1.82, 2.24) is 0 Å². The summed E-state index contributed by atoms with van der Waals surface area (Å²) in [5.41, 5.74) is 3.01. The molecule has 4 nitrogen and oxygen atoms in total. The Labute approximate surface area is 109 Å². The summed E-state index contributed by atoms with van der Waals surface area (Å²) in [4.78, 5) is 24.3. The molecule has 1 aliphatic rings. The Balaban J connectivity index is 2.27. The number of benzene rings is 2. The van der Waals surface area contributed by atoms with Gasteiger partial charge in [0.25, 0.3) is 0 Å². The van der Waals surface area contributed by atoms with Crippen LogP contribution in [0, 0.1) is 0 Å². The lowest BCUT2D eigenvalue weighted by Gasteiger charge is -2.21. The van der Waals surface area contributed by atoms with Crippen LogP contribution >= 0.6 is 0 Å². The van der Waals surface area contributed by atoms with E-state index in [1.54, 1.807) is 24.3 Å². The lowest BCUT2D eigenvalue weighted by atomic mass is 10.0. The Morgan fingerprint density at radius 2 is 1.63 bits per heavy atom. The van der Waals surface area contributed by atoms with Crippen LogP contribution in [0.2, 0.25) is 0 Å². The highest BCUT2D eigenvalue weighted by molar-refractivity contribution is 6.25. The molecule has 19 heavy (non-hydrogen) atoms. The topological polar surface area (TPSA) is 60.4 Å². The number of hydrogen-bond donors (Lipinski definition) is 0. The Morgan fingerprint density at radius 1 is 1.00 bits per heavy atom. The minimum atomic E-state index is -1.34. The number of carbonyl (C=O) groups is 2. The van der Waals surface area contributed by atoms with Gasteiger partial charge in [-0.2, -0.15) is 0 Å². The summed E-state index contributed by atoms with van der Waals surface area (Å²) >= 11 is 0. The number of ketones is 1. The van der Waals surface area contributed by atoms with Gasteiger partial charge in [0.2, 0.25) is 0 Å². The smallest absolute Gasteiger partial charge is 0.196 e. The average molecular weight is 252 g/mol. The highest BCUT2D eigenvalue weighted by Crippen LogP contribution is 2.40. The van der Waals surface area contributed by atoms with E-state index in [0.717, 1.165) is 16.0 Å². The number of amides is 1. The van der Waals surface area contributed by atoms with Crippen molar-refractivity contribution in [3.63, 3.8) is 0 Å². The molecule has 0 N–H and O–H groups in total. The van der Waals surface area contributed by atoms with E-state index in [4.69, 9.17) is 0 Å². The molecule has 0 atom stereocenters. The number of nitrogens with zero attached hydrogens (tertiary/aromatic N) is 1. The van der Waals surface area contributed by atoms with Crippen molar-refractivity contribution >= 4 is 17.6 Å². The predicted molar refractivity (Wildman–Crippen MR) is 69.1 cm³/mol. The first-order chi connectivity index (χ1) is 9.11. The fraction of sp³-hybridized carbons (Fsp3) is 0.0667. The fourth-order valence-electron chi connectivity index (χ4n) is 2.43. The summed E-state index contributed by atoms with van der Waals surface area (Å²) in [5.74, 6) is -0.144. The van der Waals surface area contributed by atoms with Crippen LogP contribution in [0.5, 0.6) is 0 Å². The molecule has 0 aromatic heterocycles. The highest BCUT2D eigenvalue weighted by Gasteiger charge is 2.29. The summed E-state index contributed by atoms with van der Waals surface area (Å²) in [5, 5.41) is 11.0. The number of carboxylic acid groups (broad SMARTS) is 1. The van der Waals surface area contributed by atoms with Crippen molar-refractivity contribution in [2.45, 2.75) is 0 Å². The number of carbonyl (C=O) groups excluding carboxylic acids is 2. The molecule has 0 unspecified atom stereocenters. The lowest BCUT2D eigenvalue weighted by molar-refractivity contribution is -0.246. The van der Waals surface area contributed by atoms with E-state index in [1.165, 1.54) is 7.05 Å². The van der Waals surface area contributed by atoms with Gasteiger partial charge in [0.15, 0.2) is 5.78 Å². The molecular weight excluding hydrogens is 242 g/mol. The molecule has 0 aliphatic heterocycles. The standard InChI is InChI=1S/C15H11NO3/c1-16(15(18)19)12-8-4-7-10-9-5-2-3-6-11(9)14(17)13(10)12/h2-8H,1H3,(H,18,19)/p-1. The minimum absolute atomic E-state index is 0.144. The molecule has 94 valence electrons. The second-order valence-electron chi connectivity index (χ2n) is 4.40. The first kappa shape index (κ1) is 11.5. The van der Waals surface area contributed by atoms with Gasteiger partial charge in [-0.05, 0) is 17.2 Å². The van der Waals surface area contributed by atoms with Gasteiger partial charge in [0.1, 0.15) is 6.09 Å². The summed E-state index contributed by atoms with van der Waals surface area (Å²) in [6.45, 7) is 0. The summed E-state index contributed by atoms with van der Waals surface area (Å²) in [6.07, 6.45) is -1.34. The third-order valence-corrected chi connectivity index (χ3v) is 3.37. The van der Waals surface area contributed by atoms with E-state index >= 15 is 0 Å². The number of rotatable bonds is 1. The molecule has 0 fully saturated rings. The summed E-state index contributed by atoms with van der Waals surface area (Å²) in [7, 11) is 1.38. The van der Waals surface area contributed by atoms with Crippen LogP contribution in [0.3, 0.4) is 0 Å². The Bertz CT molecular complexity index is 706. The van der Waals surface area contributed by atoms with Crippen molar-refractivity contribution in [2.75, 3.05) is 11.9 Å². The Morgan fingerprint density at radius 3 is 2.32 bits per heavy atom. The molecule has 0 spiro atoms. The van der Waals surface area contributed by atoms with Gasteiger partial charge in [-0.3, -0.25) is 4.79 Å². The van der Waals surface area contributed by atoms with Crippen LogP contribution in [0.25, 0.3) is 11.1 Å². The molecule has 3 rings (SSSR count). The fourth-order valence-corrected chi connectivity index (χ4v) is 2.43. The molecule has 0 saturated heterocycles. The van der Waals surface area contributed by atoms with E-state index in [-0.39, 0.29) is 5.78 Å². The van der Waals surface area contributed by atoms with E-state index in [1.807, 2.05) is 18.2 Å².